The number of ether oxygens (including phenoxy) is 1. The van der Waals surface area contributed by atoms with E-state index in [0.29, 0.717) is 5.56 Å². The Kier molecular flexibility index (Phi) is 9.62. The molecule has 0 heterocycles. The van der Waals surface area contributed by atoms with Crippen LogP contribution in [0.2, 0.25) is 0 Å². The molecule has 0 radical (unpaired) electrons. The van der Waals surface area contributed by atoms with E-state index in [1.807, 2.05) is 30.3 Å². The number of alkyl carbamates (subject to hydrolysis) is 1. The van der Waals surface area contributed by atoms with Crippen molar-refractivity contribution >= 4 is 65.0 Å². The molecule has 1 amide bonds. The highest BCUT2D eigenvalue weighted by atomic mass is 35.6. The predicted molar refractivity (Wildman–Crippen MR) is 122 cm³/mol. The minimum atomic E-state index is -3.91. The van der Waals surface area contributed by atoms with Crippen molar-refractivity contribution in [3.05, 3.63) is 48.0 Å². The predicted octanol–water partition coefficient (Wildman–Crippen LogP) is 6.10. The van der Waals surface area contributed by atoms with Gasteiger partial charge < -0.3 is 19.1 Å². The van der Waals surface area contributed by atoms with Gasteiger partial charge in [0.25, 0.3) is 0 Å². The van der Waals surface area contributed by atoms with E-state index >= 15 is 0 Å². The van der Waals surface area contributed by atoms with Gasteiger partial charge in [-0.25, -0.2) is 4.79 Å². The number of hydrogen-bond acceptors (Lipinski definition) is 6. The number of ketones is 1. The van der Waals surface area contributed by atoms with Crippen LogP contribution < -0.4 is 5.32 Å². The largest absolute Gasteiger partial charge is 0.445 e. The smallest absolute Gasteiger partial charge is 0.408 e. The molecule has 2 aromatic carbocycles. The Balaban J connectivity index is 2.31. The molecule has 1 atom stereocenters. The van der Waals surface area contributed by atoms with Crippen molar-refractivity contribution in [3.8, 4) is 0 Å². The van der Waals surface area contributed by atoms with Crippen molar-refractivity contribution in [3.63, 3.8) is 0 Å². The normalized spacial score (nSPS) is 13.1. The number of benzene rings is 2. The van der Waals surface area contributed by atoms with Crippen LogP contribution in [0.1, 0.15) is 30.6 Å². The molecule has 0 saturated heterocycles. The number of carbonyl (C=O) groups excluding carboxylic acids is 2. The second kappa shape index (κ2) is 11.5. The molecule has 0 aliphatic rings. The first-order chi connectivity index (χ1) is 14.6. The molecule has 1 N–H and O–H groups in total. The average Bonchev–Trinajstić information content (AvgIpc) is 2.71. The number of carbonyl (C=O) groups is 2. The van der Waals surface area contributed by atoms with Gasteiger partial charge in [-0.15, -0.1) is 0 Å². The van der Waals surface area contributed by atoms with Crippen LogP contribution in [-0.2, 0) is 18.3 Å². The number of rotatable bonds is 10. The van der Waals surface area contributed by atoms with Crippen molar-refractivity contribution in [1.82, 2.24) is 5.32 Å². The molecule has 0 spiro atoms. The van der Waals surface area contributed by atoms with Gasteiger partial charge in [0, 0.05) is 12.0 Å². The van der Waals surface area contributed by atoms with E-state index in [1.165, 1.54) is 0 Å². The highest BCUT2D eigenvalue weighted by Gasteiger charge is 2.39. The number of amides is 1. The van der Waals surface area contributed by atoms with Gasteiger partial charge >= 0.3 is 13.7 Å². The highest BCUT2D eigenvalue weighted by molar-refractivity contribution is 7.54. The Morgan fingerprint density at radius 3 is 2.26 bits per heavy atom. The van der Waals surface area contributed by atoms with Crippen molar-refractivity contribution in [2.75, 3.05) is 19.8 Å². The average molecular weight is 511 g/mol. The quantitative estimate of drug-likeness (QED) is 0.236. The first kappa shape index (κ1) is 25.9. The summed E-state index contributed by atoms with van der Waals surface area (Å²) in [5.41, 5.74) is 0.416. The van der Waals surface area contributed by atoms with Crippen LogP contribution in [0.5, 0.6) is 0 Å². The zero-order valence-electron chi connectivity index (χ0n) is 17.0. The monoisotopic (exact) mass is 509 g/mol. The fourth-order valence-corrected chi connectivity index (χ4v) is 4.87. The molecule has 170 valence electrons. The van der Waals surface area contributed by atoms with Crippen LogP contribution in [0, 0.1) is 0 Å². The van der Waals surface area contributed by atoms with Crippen molar-refractivity contribution < 1.29 is 27.9 Å². The van der Waals surface area contributed by atoms with Gasteiger partial charge in [0.2, 0.25) is 3.79 Å². The number of hydrogen-bond donors (Lipinski definition) is 1. The van der Waals surface area contributed by atoms with Crippen molar-refractivity contribution in [1.29, 1.82) is 0 Å². The zero-order valence-corrected chi connectivity index (χ0v) is 20.1. The Morgan fingerprint density at radius 2 is 1.65 bits per heavy atom. The van der Waals surface area contributed by atoms with Gasteiger partial charge in [-0.1, -0.05) is 77.3 Å². The van der Waals surface area contributed by atoms with E-state index in [1.54, 1.807) is 26.0 Å². The highest BCUT2D eigenvalue weighted by Crippen LogP contribution is 2.53. The molecule has 11 heteroatoms. The lowest BCUT2D eigenvalue weighted by atomic mass is 10.00. The van der Waals surface area contributed by atoms with Gasteiger partial charge in [-0.2, -0.15) is 0 Å². The molecule has 7 nitrogen and oxygen atoms in total. The third kappa shape index (κ3) is 7.63. The van der Waals surface area contributed by atoms with Crippen LogP contribution in [0.25, 0.3) is 10.8 Å². The van der Waals surface area contributed by atoms with E-state index < -0.39 is 29.9 Å². The fourth-order valence-electron chi connectivity index (χ4n) is 2.90. The minimum absolute atomic E-state index is 0.0428. The molecule has 0 aliphatic heterocycles. The second-order valence-electron chi connectivity index (χ2n) is 6.38. The Bertz CT molecular complexity index is 950. The summed E-state index contributed by atoms with van der Waals surface area (Å²) in [5.74, 6) is -1.66. The molecule has 0 fully saturated rings. The summed E-state index contributed by atoms with van der Waals surface area (Å²) in [7, 11) is -3.91. The molecule has 0 aromatic heterocycles. The fraction of sp³-hybridized carbons (Fsp3) is 0.400. The summed E-state index contributed by atoms with van der Waals surface area (Å²) < 4.78 is 27.0. The third-order valence-corrected chi connectivity index (χ3v) is 6.76. The summed E-state index contributed by atoms with van der Waals surface area (Å²) in [6, 6.07) is 12.6. The van der Waals surface area contributed by atoms with Gasteiger partial charge in [0.05, 0.1) is 13.2 Å². The maximum atomic E-state index is 13.3. The number of alkyl halides is 3. The van der Waals surface area contributed by atoms with Crippen molar-refractivity contribution in [2.45, 2.75) is 29.8 Å². The molecule has 0 saturated carbocycles. The molecule has 2 rings (SSSR count). The first-order valence-electron chi connectivity index (χ1n) is 9.49. The van der Waals surface area contributed by atoms with E-state index in [4.69, 9.17) is 48.6 Å². The van der Waals surface area contributed by atoms with E-state index in [9.17, 15) is 14.2 Å². The SMILES string of the molecule is CCOP(=O)(OCC)C(CC(=O)c1cccc2ccccc12)NC(=O)OCC(Cl)(Cl)Cl. The topological polar surface area (TPSA) is 90.9 Å². The van der Waals surface area contributed by atoms with Crippen LogP contribution in [-0.4, -0.2) is 41.3 Å². The maximum Gasteiger partial charge on any atom is 0.408 e. The van der Waals surface area contributed by atoms with Crippen LogP contribution in [0.3, 0.4) is 0 Å². The number of fused-ring (bicyclic) bond motifs is 1. The molecular weight excluding hydrogens is 488 g/mol. The summed E-state index contributed by atoms with van der Waals surface area (Å²) >= 11 is 16.8. The summed E-state index contributed by atoms with van der Waals surface area (Å²) in [6.45, 7) is 2.79. The van der Waals surface area contributed by atoms with E-state index in [2.05, 4.69) is 5.32 Å². The Morgan fingerprint density at radius 1 is 1.03 bits per heavy atom. The van der Waals surface area contributed by atoms with Crippen LogP contribution in [0.4, 0.5) is 4.79 Å². The maximum absolute atomic E-state index is 13.3. The number of nitrogens with one attached hydrogen (secondary N) is 1. The van der Waals surface area contributed by atoms with E-state index in [-0.39, 0.29) is 25.4 Å². The lowest BCUT2D eigenvalue weighted by Gasteiger charge is -2.26. The summed E-state index contributed by atoms with van der Waals surface area (Å²) in [4.78, 5) is 25.4. The molecular formula is C20H23Cl3NO6P. The van der Waals surface area contributed by atoms with Gasteiger partial charge in [0.1, 0.15) is 12.4 Å². The lowest BCUT2D eigenvalue weighted by Crippen LogP contribution is -2.39. The summed E-state index contributed by atoms with van der Waals surface area (Å²) in [6.07, 6.45) is -1.38. The first-order valence-corrected chi connectivity index (χ1v) is 12.2. The molecule has 2 aromatic rings. The molecule has 31 heavy (non-hydrogen) atoms. The minimum Gasteiger partial charge on any atom is -0.445 e. The lowest BCUT2D eigenvalue weighted by molar-refractivity contribution is 0.0966. The molecule has 0 bridgehead atoms. The van der Waals surface area contributed by atoms with E-state index in [0.717, 1.165) is 10.8 Å². The third-order valence-electron chi connectivity index (χ3n) is 4.12. The molecule has 1 unspecified atom stereocenters. The van der Waals surface area contributed by atoms with Crippen molar-refractivity contribution in [2.24, 2.45) is 0 Å². The standard InChI is InChI=1S/C20H23Cl3NO6P/c1-3-29-31(27,30-4-2)18(24-19(26)28-13-20(21,22)23)12-17(25)16-11-7-9-14-8-5-6-10-15(14)16/h5-11,18H,3-4,12-13H2,1-2H3,(H,24,26). The number of Topliss-reactive ketones (excluding diaryl/α,β-unsaturated/α-hetero) is 1. The number of halogens is 3. The Labute approximate surface area is 195 Å². The Hall–Kier alpha value is -1.34. The second-order valence-corrected chi connectivity index (χ2v) is 11.1. The van der Waals surface area contributed by atoms with Gasteiger partial charge in [0.15, 0.2) is 5.78 Å². The van der Waals surface area contributed by atoms with Gasteiger partial charge in [-0.05, 0) is 24.6 Å². The molecule has 0 aliphatic carbocycles. The van der Waals surface area contributed by atoms with Gasteiger partial charge in [-0.3, -0.25) is 9.36 Å². The summed E-state index contributed by atoms with van der Waals surface area (Å²) in [5, 5.41) is 3.98. The zero-order chi connectivity index (χ0) is 23.1. The van der Waals surface area contributed by atoms with Crippen LogP contribution in [0.15, 0.2) is 42.5 Å². The van der Waals surface area contributed by atoms with Crippen LogP contribution >= 0.6 is 42.4 Å².